The number of hydrogen-bond acceptors (Lipinski definition) is 3. The van der Waals surface area contributed by atoms with E-state index in [1.807, 2.05) is 40.7 Å². The first-order chi connectivity index (χ1) is 15.7. The van der Waals surface area contributed by atoms with E-state index in [0.29, 0.717) is 24.1 Å². The fraction of sp³-hybridized carbons (Fsp3) is 0.462. The molecule has 5 nitrogen and oxygen atoms in total. The molecule has 0 bridgehead atoms. The fourth-order valence-electron chi connectivity index (χ4n) is 5.06. The Hall–Kier alpha value is -3.03. The number of halogens is 3. The number of carboxylic acids is 1. The molecule has 1 N–H and O–H groups in total. The van der Waals surface area contributed by atoms with Gasteiger partial charge in [-0.25, -0.2) is 4.79 Å². The van der Waals surface area contributed by atoms with Crippen LogP contribution in [0, 0.1) is 11.3 Å². The van der Waals surface area contributed by atoms with Gasteiger partial charge >= 0.3 is 12.1 Å². The number of carbonyl (C=O) groups excluding carboxylic acids is 1. The van der Waals surface area contributed by atoms with Crippen LogP contribution in [0.5, 0.6) is 5.75 Å². The van der Waals surface area contributed by atoms with Crippen LogP contribution < -0.4 is 4.74 Å². The molecule has 1 aromatic rings. The van der Waals surface area contributed by atoms with Crippen molar-refractivity contribution in [1.29, 1.82) is 0 Å². The van der Waals surface area contributed by atoms with Crippen molar-refractivity contribution >= 4 is 18.0 Å². The van der Waals surface area contributed by atoms with Crippen LogP contribution in [0.1, 0.15) is 58.1 Å². The minimum absolute atomic E-state index is 0.0245. The molecule has 0 aromatic heterocycles. The van der Waals surface area contributed by atoms with Crippen LogP contribution in [0.2, 0.25) is 0 Å². The summed E-state index contributed by atoms with van der Waals surface area (Å²) in [5.41, 5.74) is 3.59. The lowest BCUT2D eigenvalue weighted by molar-refractivity contribution is -0.153. The van der Waals surface area contributed by atoms with Crippen molar-refractivity contribution in [2.45, 2.75) is 53.1 Å². The lowest BCUT2D eigenvalue weighted by Crippen LogP contribution is -2.44. The van der Waals surface area contributed by atoms with E-state index in [-0.39, 0.29) is 28.9 Å². The zero-order valence-corrected chi connectivity index (χ0v) is 20.0. The summed E-state index contributed by atoms with van der Waals surface area (Å²) in [6.07, 6.45) is 0.293. The normalized spacial score (nSPS) is 22.6. The number of hydrogen-bond donors (Lipinski definition) is 1. The molecule has 0 radical (unpaired) electrons. The lowest BCUT2D eigenvalue weighted by Gasteiger charge is -2.46. The number of rotatable bonds is 6. The molecule has 1 heterocycles. The third kappa shape index (κ3) is 5.21. The van der Waals surface area contributed by atoms with E-state index < -0.39 is 18.8 Å². The van der Waals surface area contributed by atoms with Gasteiger partial charge in [0.25, 0.3) is 0 Å². The van der Waals surface area contributed by atoms with E-state index in [2.05, 4.69) is 0 Å². The molecule has 2 aliphatic rings. The highest BCUT2D eigenvalue weighted by atomic mass is 19.4. The molecule has 34 heavy (non-hydrogen) atoms. The highest BCUT2D eigenvalue weighted by Crippen LogP contribution is 2.52. The monoisotopic (exact) mass is 477 g/mol. The number of carbonyl (C=O) groups is 2. The van der Waals surface area contributed by atoms with Gasteiger partial charge in [0.2, 0.25) is 5.91 Å². The first-order valence-corrected chi connectivity index (χ1v) is 11.2. The minimum Gasteiger partial charge on any atom is -0.484 e. The summed E-state index contributed by atoms with van der Waals surface area (Å²) >= 11 is 0. The SMILES string of the molecule is CCN1C(=O)CC(C)(C)C2=C1C(C)C(c1cc(/C=C/C(=O)O)ccc1OCC(F)(F)F)C(C)=C2. The maximum absolute atomic E-state index is 12.9. The molecular formula is C26H30F3NO4. The Bertz CT molecular complexity index is 1080. The quantitative estimate of drug-likeness (QED) is 0.515. The Balaban J connectivity index is 2.14. The zero-order chi connectivity index (χ0) is 25.4. The van der Waals surface area contributed by atoms with Crippen LogP contribution >= 0.6 is 0 Å². The zero-order valence-electron chi connectivity index (χ0n) is 20.0. The van der Waals surface area contributed by atoms with Crippen LogP contribution in [0.15, 0.2) is 47.2 Å². The van der Waals surface area contributed by atoms with Crippen LogP contribution in [-0.4, -0.2) is 41.2 Å². The van der Waals surface area contributed by atoms with Crippen molar-refractivity contribution in [3.63, 3.8) is 0 Å². The van der Waals surface area contributed by atoms with Crippen LogP contribution in [0.4, 0.5) is 13.2 Å². The molecule has 2 unspecified atom stereocenters. The maximum atomic E-state index is 12.9. The highest BCUT2D eigenvalue weighted by Gasteiger charge is 2.44. The second kappa shape index (κ2) is 9.31. The van der Waals surface area contributed by atoms with E-state index in [1.165, 1.54) is 18.2 Å². The maximum Gasteiger partial charge on any atom is 0.422 e. The summed E-state index contributed by atoms with van der Waals surface area (Å²) in [5, 5.41) is 8.98. The largest absolute Gasteiger partial charge is 0.484 e. The molecule has 1 aliphatic carbocycles. The first kappa shape index (κ1) is 25.6. The summed E-state index contributed by atoms with van der Waals surface area (Å²) in [6.45, 7) is 8.93. The predicted molar refractivity (Wildman–Crippen MR) is 123 cm³/mol. The molecule has 1 amide bonds. The second-order valence-corrected chi connectivity index (χ2v) is 9.52. The van der Waals surface area contributed by atoms with Crippen LogP contribution in [0.3, 0.4) is 0 Å². The van der Waals surface area contributed by atoms with Crippen molar-refractivity contribution in [1.82, 2.24) is 4.90 Å². The number of benzene rings is 1. The Morgan fingerprint density at radius 3 is 2.59 bits per heavy atom. The number of alkyl halides is 3. The molecule has 0 spiro atoms. The average molecular weight is 478 g/mol. The second-order valence-electron chi connectivity index (χ2n) is 9.52. The number of aliphatic carboxylic acids is 1. The first-order valence-electron chi connectivity index (χ1n) is 11.2. The van der Waals surface area contributed by atoms with Gasteiger partial charge in [-0.1, -0.05) is 38.5 Å². The van der Waals surface area contributed by atoms with Crippen LogP contribution in [-0.2, 0) is 9.59 Å². The number of allylic oxidation sites excluding steroid dienone is 4. The lowest BCUT2D eigenvalue weighted by atomic mass is 9.66. The van der Waals surface area contributed by atoms with E-state index in [1.54, 1.807) is 11.0 Å². The van der Waals surface area contributed by atoms with Crippen molar-refractivity contribution in [3.05, 3.63) is 58.3 Å². The Morgan fingerprint density at radius 1 is 1.32 bits per heavy atom. The Labute approximate surface area is 197 Å². The highest BCUT2D eigenvalue weighted by molar-refractivity contribution is 5.85. The van der Waals surface area contributed by atoms with Crippen molar-refractivity contribution in [3.8, 4) is 5.75 Å². The van der Waals surface area contributed by atoms with Gasteiger partial charge in [0.1, 0.15) is 5.75 Å². The van der Waals surface area contributed by atoms with Gasteiger partial charge in [-0.3, -0.25) is 4.79 Å². The molecule has 1 aliphatic heterocycles. The van der Waals surface area contributed by atoms with Gasteiger partial charge in [-0.05, 0) is 43.2 Å². The van der Waals surface area contributed by atoms with Gasteiger partial charge in [0.05, 0.1) is 0 Å². The van der Waals surface area contributed by atoms with Gasteiger partial charge in [0, 0.05) is 47.6 Å². The fourth-order valence-corrected chi connectivity index (χ4v) is 5.06. The Kier molecular flexibility index (Phi) is 7.01. The third-order valence-electron chi connectivity index (χ3n) is 6.48. The van der Waals surface area contributed by atoms with Crippen molar-refractivity contribution in [2.75, 3.05) is 13.2 Å². The number of ether oxygens (including phenoxy) is 1. The van der Waals surface area contributed by atoms with E-state index in [4.69, 9.17) is 9.84 Å². The van der Waals surface area contributed by atoms with Gasteiger partial charge in [-0.2, -0.15) is 13.2 Å². The molecule has 0 fully saturated rings. The molecule has 1 aromatic carbocycles. The van der Waals surface area contributed by atoms with Gasteiger partial charge in [0.15, 0.2) is 6.61 Å². The molecule has 0 saturated heterocycles. The average Bonchev–Trinajstić information content (AvgIpc) is 2.71. The summed E-state index contributed by atoms with van der Waals surface area (Å²) < 4.78 is 44.0. The molecule has 8 heteroatoms. The summed E-state index contributed by atoms with van der Waals surface area (Å²) in [4.78, 5) is 25.6. The van der Waals surface area contributed by atoms with Crippen LogP contribution in [0.25, 0.3) is 6.08 Å². The molecule has 3 rings (SSSR count). The van der Waals surface area contributed by atoms with Gasteiger partial charge < -0.3 is 14.7 Å². The summed E-state index contributed by atoms with van der Waals surface area (Å²) in [5.74, 6) is -1.58. The predicted octanol–water partition coefficient (Wildman–Crippen LogP) is 5.94. The van der Waals surface area contributed by atoms with Gasteiger partial charge in [-0.15, -0.1) is 0 Å². The van der Waals surface area contributed by atoms with E-state index >= 15 is 0 Å². The molecule has 0 saturated carbocycles. The standard InChI is InChI=1S/C26H30F3NO4/c1-6-30-21(31)13-25(4,5)19-11-15(2)23(16(3)24(19)30)18-12-17(8-10-22(32)33)7-9-20(18)34-14-26(27,28)29/h7-12,16,23H,6,13-14H2,1-5H3,(H,32,33)/b10-8+. The minimum atomic E-state index is -4.50. The molecular weight excluding hydrogens is 447 g/mol. The number of amides is 1. The summed E-state index contributed by atoms with van der Waals surface area (Å²) in [7, 11) is 0. The van der Waals surface area contributed by atoms with Crippen molar-refractivity contribution < 1.29 is 32.6 Å². The van der Waals surface area contributed by atoms with Crippen molar-refractivity contribution in [2.24, 2.45) is 11.3 Å². The van der Waals surface area contributed by atoms with E-state index in [9.17, 15) is 22.8 Å². The number of nitrogens with zero attached hydrogens (tertiary/aromatic N) is 1. The number of carboxylic acid groups (broad SMARTS) is 1. The Morgan fingerprint density at radius 2 is 2.00 bits per heavy atom. The third-order valence-corrected chi connectivity index (χ3v) is 6.48. The van der Waals surface area contributed by atoms with E-state index in [0.717, 1.165) is 22.9 Å². The molecule has 2 atom stereocenters. The molecule has 184 valence electrons. The topological polar surface area (TPSA) is 66.8 Å². The smallest absolute Gasteiger partial charge is 0.422 e. The summed E-state index contributed by atoms with van der Waals surface area (Å²) in [6, 6.07) is 4.64.